The number of benzene rings is 1. The minimum atomic E-state index is -0.383. The molecule has 0 saturated heterocycles. The molecule has 18 heavy (non-hydrogen) atoms. The van der Waals surface area contributed by atoms with E-state index in [1.165, 1.54) is 6.07 Å². The van der Waals surface area contributed by atoms with Gasteiger partial charge in [0.1, 0.15) is 17.3 Å². The van der Waals surface area contributed by atoms with Crippen LogP contribution in [0, 0.1) is 19.7 Å². The molecule has 0 spiro atoms. The van der Waals surface area contributed by atoms with Gasteiger partial charge in [-0.25, -0.2) is 4.39 Å². The van der Waals surface area contributed by atoms with E-state index in [-0.39, 0.29) is 11.9 Å². The molecule has 2 aromatic rings. The van der Waals surface area contributed by atoms with E-state index in [1.807, 2.05) is 19.9 Å². The number of nitrogens with one attached hydrogen (secondary N) is 1. The van der Waals surface area contributed by atoms with Gasteiger partial charge >= 0.3 is 0 Å². The summed E-state index contributed by atoms with van der Waals surface area (Å²) in [5, 5.41) is 3.43. The van der Waals surface area contributed by atoms with E-state index in [0.717, 1.165) is 11.3 Å². The number of hydrogen-bond acceptors (Lipinski definition) is 2. The van der Waals surface area contributed by atoms with Gasteiger partial charge in [0, 0.05) is 10.6 Å². The number of aryl methyl sites for hydroxylation is 2. The van der Waals surface area contributed by atoms with Crippen molar-refractivity contribution in [3.8, 4) is 0 Å². The highest BCUT2D eigenvalue weighted by atomic mass is 35.5. The van der Waals surface area contributed by atoms with Crippen molar-refractivity contribution in [2.24, 2.45) is 0 Å². The SMILES string of the molecule is CNC(c1cc(C)c(C)o1)c1c(F)cccc1Cl. The molecule has 0 bridgehead atoms. The van der Waals surface area contributed by atoms with Gasteiger partial charge in [-0.3, -0.25) is 0 Å². The molecule has 1 atom stereocenters. The Morgan fingerprint density at radius 1 is 1.33 bits per heavy atom. The second-order valence-electron chi connectivity index (χ2n) is 4.24. The average Bonchev–Trinajstić information content (AvgIpc) is 2.64. The predicted octanol–water partition coefficient (Wildman–Crippen LogP) is 4.00. The lowest BCUT2D eigenvalue weighted by molar-refractivity contribution is 0.435. The second kappa shape index (κ2) is 5.12. The Labute approximate surface area is 111 Å². The first kappa shape index (κ1) is 13.1. The highest BCUT2D eigenvalue weighted by Gasteiger charge is 2.22. The molecular formula is C14H15ClFNO. The van der Waals surface area contributed by atoms with Crippen molar-refractivity contribution in [3.05, 3.63) is 57.8 Å². The summed E-state index contributed by atoms with van der Waals surface area (Å²) >= 11 is 6.08. The summed E-state index contributed by atoms with van der Waals surface area (Å²) in [4.78, 5) is 0. The minimum Gasteiger partial charge on any atom is -0.464 e. The fraction of sp³-hybridized carbons (Fsp3) is 0.286. The first-order chi connectivity index (χ1) is 8.54. The van der Waals surface area contributed by atoms with Gasteiger partial charge in [0.15, 0.2) is 0 Å². The van der Waals surface area contributed by atoms with Gasteiger partial charge in [0.05, 0.1) is 6.04 Å². The van der Waals surface area contributed by atoms with Gasteiger partial charge in [-0.2, -0.15) is 0 Å². The summed E-state index contributed by atoms with van der Waals surface area (Å²) in [7, 11) is 1.75. The maximum atomic E-state index is 13.9. The van der Waals surface area contributed by atoms with Crippen molar-refractivity contribution in [1.29, 1.82) is 0 Å². The summed E-state index contributed by atoms with van der Waals surface area (Å²) < 4.78 is 19.6. The van der Waals surface area contributed by atoms with Gasteiger partial charge in [-0.15, -0.1) is 0 Å². The highest BCUT2D eigenvalue weighted by molar-refractivity contribution is 6.31. The van der Waals surface area contributed by atoms with Gasteiger partial charge in [0.2, 0.25) is 0 Å². The van der Waals surface area contributed by atoms with Crippen LogP contribution in [-0.2, 0) is 0 Å². The average molecular weight is 268 g/mol. The Morgan fingerprint density at radius 3 is 2.56 bits per heavy atom. The van der Waals surface area contributed by atoms with E-state index in [1.54, 1.807) is 19.2 Å². The zero-order chi connectivity index (χ0) is 13.3. The summed E-state index contributed by atoms with van der Waals surface area (Å²) in [6, 6.07) is 6.18. The molecule has 1 heterocycles. The molecule has 0 aliphatic heterocycles. The second-order valence-corrected chi connectivity index (χ2v) is 4.65. The molecule has 0 amide bonds. The van der Waals surface area contributed by atoms with Crippen LogP contribution >= 0.6 is 11.6 Å². The summed E-state index contributed by atoms with van der Waals surface area (Å²) in [5.74, 6) is 1.16. The quantitative estimate of drug-likeness (QED) is 0.909. The number of halogens is 2. The third-order valence-corrected chi connectivity index (χ3v) is 3.38. The van der Waals surface area contributed by atoms with Crippen LogP contribution in [0.5, 0.6) is 0 Å². The van der Waals surface area contributed by atoms with Crippen molar-refractivity contribution in [1.82, 2.24) is 5.32 Å². The van der Waals surface area contributed by atoms with Crippen molar-refractivity contribution in [2.45, 2.75) is 19.9 Å². The minimum absolute atomic E-state index is 0.339. The van der Waals surface area contributed by atoms with Crippen molar-refractivity contribution in [2.75, 3.05) is 7.05 Å². The molecule has 0 fully saturated rings. The molecule has 1 aromatic carbocycles. The van der Waals surface area contributed by atoms with Crippen LogP contribution in [0.1, 0.15) is 28.7 Å². The Morgan fingerprint density at radius 2 is 2.06 bits per heavy atom. The molecule has 96 valence electrons. The monoisotopic (exact) mass is 267 g/mol. The number of hydrogen-bond donors (Lipinski definition) is 1. The fourth-order valence-corrected chi connectivity index (χ4v) is 2.23. The van der Waals surface area contributed by atoms with Crippen LogP contribution < -0.4 is 5.32 Å². The standard InChI is InChI=1S/C14H15ClFNO/c1-8-7-12(18-9(8)2)14(17-3)13-10(15)5-4-6-11(13)16/h4-7,14,17H,1-3H3. The molecule has 0 aliphatic carbocycles. The first-order valence-corrected chi connectivity index (χ1v) is 6.10. The van der Waals surface area contributed by atoms with E-state index < -0.39 is 0 Å². The Balaban J connectivity index is 2.52. The maximum Gasteiger partial charge on any atom is 0.129 e. The predicted molar refractivity (Wildman–Crippen MR) is 70.5 cm³/mol. The molecule has 0 aliphatic rings. The van der Waals surface area contributed by atoms with Crippen LogP contribution in [0.4, 0.5) is 4.39 Å². The molecule has 1 N–H and O–H groups in total. The zero-order valence-electron chi connectivity index (χ0n) is 10.6. The number of furan rings is 1. The fourth-order valence-electron chi connectivity index (χ4n) is 1.96. The molecule has 1 aromatic heterocycles. The van der Waals surface area contributed by atoms with Gasteiger partial charge in [-0.05, 0) is 44.7 Å². The van der Waals surface area contributed by atoms with Crippen LogP contribution in [0.2, 0.25) is 5.02 Å². The van der Waals surface area contributed by atoms with Crippen molar-refractivity contribution in [3.63, 3.8) is 0 Å². The lowest BCUT2D eigenvalue weighted by atomic mass is 10.0. The van der Waals surface area contributed by atoms with E-state index >= 15 is 0 Å². The lowest BCUT2D eigenvalue weighted by Crippen LogP contribution is -2.18. The summed E-state index contributed by atoms with van der Waals surface area (Å²) in [5.41, 5.74) is 1.45. The Kier molecular flexibility index (Phi) is 3.73. The molecular weight excluding hydrogens is 253 g/mol. The third kappa shape index (κ3) is 2.28. The van der Waals surface area contributed by atoms with Gasteiger partial charge in [-0.1, -0.05) is 17.7 Å². The highest BCUT2D eigenvalue weighted by Crippen LogP contribution is 2.32. The van der Waals surface area contributed by atoms with E-state index in [2.05, 4.69) is 5.32 Å². The van der Waals surface area contributed by atoms with Gasteiger partial charge in [0.25, 0.3) is 0 Å². The van der Waals surface area contributed by atoms with Crippen LogP contribution in [-0.4, -0.2) is 7.05 Å². The largest absolute Gasteiger partial charge is 0.464 e. The van der Waals surface area contributed by atoms with Crippen molar-refractivity contribution < 1.29 is 8.81 Å². The molecule has 0 radical (unpaired) electrons. The summed E-state index contributed by atoms with van der Waals surface area (Å²) in [6.45, 7) is 3.84. The Bertz CT molecular complexity index is 525. The van der Waals surface area contributed by atoms with Gasteiger partial charge < -0.3 is 9.73 Å². The van der Waals surface area contributed by atoms with E-state index in [9.17, 15) is 4.39 Å². The first-order valence-electron chi connectivity index (χ1n) is 5.72. The third-order valence-electron chi connectivity index (χ3n) is 3.05. The topological polar surface area (TPSA) is 25.2 Å². The van der Waals surface area contributed by atoms with Crippen LogP contribution in [0.3, 0.4) is 0 Å². The van der Waals surface area contributed by atoms with E-state index in [4.69, 9.17) is 16.0 Å². The molecule has 1 unspecified atom stereocenters. The molecule has 2 nitrogen and oxygen atoms in total. The lowest BCUT2D eigenvalue weighted by Gasteiger charge is -2.16. The summed E-state index contributed by atoms with van der Waals surface area (Å²) in [6.07, 6.45) is 0. The molecule has 2 rings (SSSR count). The zero-order valence-corrected chi connectivity index (χ0v) is 11.3. The molecule has 0 saturated carbocycles. The smallest absolute Gasteiger partial charge is 0.129 e. The van der Waals surface area contributed by atoms with Crippen LogP contribution in [0.25, 0.3) is 0 Å². The number of rotatable bonds is 3. The van der Waals surface area contributed by atoms with Crippen LogP contribution in [0.15, 0.2) is 28.7 Å². The van der Waals surface area contributed by atoms with Crippen molar-refractivity contribution >= 4 is 11.6 Å². The Hall–Kier alpha value is -1.32. The van der Waals surface area contributed by atoms with E-state index in [0.29, 0.717) is 16.3 Å². The maximum absolute atomic E-state index is 13.9. The molecule has 4 heteroatoms. The normalized spacial score (nSPS) is 12.7.